The molecule has 2 aromatic rings. The zero-order chi connectivity index (χ0) is 19.6. The third-order valence-electron chi connectivity index (χ3n) is 3.82. The Balaban J connectivity index is 1.83. The molecule has 0 radical (unpaired) electrons. The fourth-order valence-electron chi connectivity index (χ4n) is 2.38. The van der Waals surface area contributed by atoms with Crippen molar-refractivity contribution < 1.29 is 19.1 Å². The minimum Gasteiger partial charge on any atom is -0.493 e. The van der Waals surface area contributed by atoms with E-state index in [4.69, 9.17) is 14.3 Å². The molecule has 144 valence electrons. The van der Waals surface area contributed by atoms with Crippen LogP contribution in [0.3, 0.4) is 0 Å². The van der Waals surface area contributed by atoms with Crippen molar-refractivity contribution >= 4 is 17.8 Å². The number of hydrogen-bond donors (Lipinski definition) is 1. The van der Waals surface area contributed by atoms with Crippen molar-refractivity contribution in [3.63, 3.8) is 0 Å². The molecule has 0 aliphatic rings. The van der Waals surface area contributed by atoms with Crippen LogP contribution in [0.15, 0.2) is 47.6 Å². The van der Waals surface area contributed by atoms with Gasteiger partial charge < -0.3 is 19.6 Å². The average Bonchev–Trinajstić information content (AvgIpc) is 2.66. The Kier molecular flexibility index (Phi) is 7.67. The maximum atomic E-state index is 11.9. The summed E-state index contributed by atoms with van der Waals surface area (Å²) in [4.78, 5) is 17.0. The van der Waals surface area contributed by atoms with Gasteiger partial charge in [0.25, 0.3) is 5.91 Å². The van der Waals surface area contributed by atoms with Gasteiger partial charge in [0.05, 0.1) is 19.9 Å². The monoisotopic (exact) mass is 370 g/mol. The van der Waals surface area contributed by atoms with E-state index in [0.717, 1.165) is 11.3 Å². The molecule has 0 aliphatic carbocycles. The Morgan fingerprint density at radius 3 is 2.52 bits per heavy atom. The fourth-order valence-corrected chi connectivity index (χ4v) is 2.38. The lowest BCUT2D eigenvalue weighted by atomic mass is 10.0. The van der Waals surface area contributed by atoms with Crippen LogP contribution in [0, 0.1) is 0 Å². The molecule has 2 aromatic carbocycles. The van der Waals surface area contributed by atoms with Gasteiger partial charge in [-0.3, -0.25) is 4.79 Å². The van der Waals surface area contributed by atoms with Crippen molar-refractivity contribution in [1.82, 2.24) is 0 Å². The summed E-state index contributed by atoms with van der Waals surface area (Å²) >= 11 is 0. The molecule has 0 bridgehead atoms. The molecule has 27 heavy (non-hydrogen) atoms. The molecule has 0 unspecified atom stereocenters. The van der Waals surface area contributed by atoms with Gasteiger partial charge in [-0.1, -0.05) is 31.1 Å². The van der Waals surface area contributed by atoms with Crippen molar-refractivity contribution in [3.05, 3.63) is 53.6 Å². The van der Waals surface area contributed by atoms with Gasteiger partial charge >= 0.3 is 0 Å². The second kappa shape index (κ2) is 10.2. The van der Waals surface area contributed by atoms with Gasteiger partial charge in [-0.25, -0.2) is 0 Å². The maximum Gasteiger partial charge on any atom is 0.265 e. The van der Waals surface area contributed by atoms with E-state index in [9.17, 15) is 4.79 Å². The van der Waals surface area contributed by atoms with Crippen molar-refractivity contribution in [2.24, 2.45) is 5.16 Å². The highest BCUT2D eigenvalue weighted by molar-refractivity contribution is 5.91. The molecule has 0 saturated carbocycles. The number of nitrogens with zero attached hydrogens (tertiary/aromatic N) is 1. The van der Waals surface area contributed by atoms with E-state index in [1.54, 1.807) is 19.2 Å². The number of carbonyl (C=O) groups is 1. The zero-order valence-electron chi connectivity index (χ0n) is 16.2. The quantitative estimate of drug-likeness (QED) is 0.530. The Labute approximate surface area is 160 Å². The van der Waals surface area contributed by atoms with Gasteiger partial charge in [0.15, 0.2) is 18.1 Å². The van der Waals surface area contributed by atoms with Crippen LogP contribution in [0.25, 0.3) is 0 Å². The van der Waals surface area contributed by atoms with E-state index < -0.39 is 0 Å². The van der Waals surface area contributed by atoms with Gasteiger partial charge in [0.2, 0.25) is 0 Å². The van der Waals surface area contributed by atoms with Gasteiger partial charge in [0, 0.05) is 11.3 Å². The molecule has 1 N–H and O–H groups in total. The summed E-state index contributed by atoms with van der Waals surface area (Å²) in [6.07, 6.45) is 1.52. The second-order valence-electron chi connectivity index (χ2n) is 6.18. The van der Waals surface area contributed by atoms with Crippen LogP contribution < -0.4 is 14.8 Å². The van der Waals surface area contributed by atoms with Gasteiger partial charge in [-0.15, -0.1) is 0 Å². The molecule has 0 spiro atoms. The zero-order valence-corrected chi connectivity index (χ0v) is 16.2. The van der Waals surface area contributed by atoms with Crippen LogP contribution in [0.2, 0.25) is 0 Å². The summed E-state index contributed by atoms with van der Waals surface area (Å²) in [7, 11) is 1.58. The van der Waals surface area contributed by atoms with E-state index >= 15 is 0 Å². The molecule has 1 amide bonds. The Hall–Kier alpha value is -3.02. The number of nitrogens with one attached hydrogen (secondary N) is 1. The van der Waals surface area contributed by atoms with Crippen LogP contribution in [0.4, 0.5) is 5.69 Å². The first-order chi connectivity index (χ1) is 13.0. The molecule has 0 aromatic heterocycles. The molecule has 0 saturated heterocycles. The number of anilines is 1. The summed E-state index contributed by atoms with van der Waals surface area (Å²) in [6, 6.07) is 13.2. The number of hydrogen-bond acceptors (Lipinski definition) is 5. The molecule has 0 aliphatic heterocycles. The number of carbonyl (C=O) groups excluding carboxylic acids is 1. The highest BCUT2D eigenvalue weighted by Crippen LogP contribution is 2.27. The van der Waals surface area contributed by atoms with Crippen molar-refractivity contribution in [1.29, 1.82) is 0 Å². The maximum absolute atomic E-state index is 11.9. The molecule has 2 rings (SSSR count). The number of amides is 1. The molecular formula is C21H26N2O4. The summed E-state index contributed by atoms with van der Waals surface area (Å²) in [6.45, 7) is 6.55. The van der Waals surface area contributed by atoms with E-state index in [-0.39, 0.29) is 12.5 Å². The predicted octanol–water partition coefficient (Wildman–Crippen LogP) is 4.21. The average molecular weight is 370 g/mol. The Morgan fingerprint density at radius 1 is 1.15 bits per heavy atom. The largest absolute Gasteiger partial charge is 0.493 e. The first kappa shape index (κ1) is 20.3. The lowest BCUT2D eigenvalue weighted by molar-refractivity contribution is -0.120. The molecular weight excluding hydrogens is 344 g/mol. The third-order valence-corrected chi connectivity index (χ3v) is 3.82. The van der Waals surface area contributed by atoms with Gasteiger partial charge in [0.1, 0.15) is 0 Å². The Bertz CT molecular complexity index is 770. The van der Waals surface area contributed by atoms with E-state index in [0.29, 0.717) is 24.0 Å². The van der Waals surface area contributed by atoms with E-state index in [1.165, 1.54) is 11.8 Å². The summed E-state index contributed by atoms with van der Waals surface area (Å²) < 4.78 is 10.7. The predicted molar refractivity (Wildman–Crippen MR) is 107 cm³/mol. The first-order valence-electron chi connectivity index (χ1n) is 8.89. The fraction of sp³-hybridized carbons (Fsp3) is 0.333. The number of methoxy groups -OCH3 is 1. The van der Waals surface area contributed by atoms with Gasteiger partial charge in [-0.2, -0.15) is 0 Å². The third kappa shape index (κ3) is 6.33. The lowest BCUT2D eigenvalue weighted by Gasteiger charge is -2.09. The smallest absolute Gasteiger partial charge is 0.265 e. The molecule has 0 atom stereocenters. The molecule has 6 heteroatoms. The molecule has 6 nitrogen and oxygen atoms in total. The first-order valence-corrected chi connectivity index (χ1v) is 8.89. The van der Waals surface area contributed by atoms with Crippen LogP contribution in [-0.2, 0) is 9.63 Å². The summed E-state index contributed by atoms with van der Waals surface area (Å²) in [5, 5.41) is 6.60. The van der Waals surface area contributed by atoms with E-state index in [2.05, 4.69) is 24.3 Å². The topological polar surface area (TPSA) is 69.2 Å². The van der Waals surface area contributed by atoms with Crippen molar-refractivity contribution in [2.45, 2.75) is 26.7 Å². The Morgan fingerprint density at radius 2 is 1.89 bits per heavy atom. The summed E-state index contributed by atoms with van der Waals surface area (Å²) in [5.41, 5.74) is 2.73. The van der Waals surface area contributed by atoms with Crippen LogP contribution in [0.1, 0.15) is 37.8 Å². The lowest BCUT2D eigenvalue weighted by Crippen LogP contribution is -2.16. The molecule has 0 fully saturated rings. The van der Waals surface area contributed by atoms with E-state index in [1.807, 2.05) is 37.3 Å². The minimum atomic E-state index is -0.270. The second-order valence-corrected chi connectivity index (χ2v) is 6.18. The number of benzene rings is 2. The minimum absolute atomic E-state index is 0.170. The highest BCUT2D eigenvalue weighted by atomic mass is 16.6. The number of ether oxygens (including phenoxy) is 2. The standard InChI is InChI=1S/C21H26N2O4/c1-5-26-19-11-6-16(12-20(19)25-4)13-22-27-14-21(24)23-18-9-7-17(8-10-18)15(2)3/h6-13,15H,5,14H2,1-4H3,(H,23,24)/b22-13+. The van der Waals surface area contributed by atoms with Crippen LogP contribution in [0.5, 0.6) is 11.5 Å². The van der Waals surface area contributed by atoms with Crippen LogP contribution >= 0.6 is 0 Å². The SMILES string of the molecule is CCOc1ccc(/C=N/OCC(=O)Nc2ccc(C(C)C)cc2)cc1OC. The van der Waals surface area contributed by atoms with Crippen LogP contribution in [-0.4, -0.2) is 32.4 Å². The molecule has 0 heterocycles. The van der Waals surface area contributed by atoms with Crippen molar-refractivity contribution in [2.75, 3.05) is 25.6 Å². The normalized spacial score (nSPS) is 10.9. The van der Waals surface area contributed by atoms with Crippen molar-refractivity contribution in [3.8, 4) is 11.5 Å². The number of oxime groups is 1. The number of rotatable bonds is 9. The van der Waals surface area contributed by atoms with Gasteiger partial charge in [-0.05, 0) is 48.7 Å². The summed E-state index contributed by atoms with van der Waals surface area (Å²) in [5.74, 6) is 1.46. The highest BCUT2D eigenvalue weighted by Gasteiger charge is 2.05.